The first-order chi connectivity index (χ1) is 12.1. The minimum atomic E-state index is -0.451. The molecule has 0 radical (unpaired) electrons. The second-order valence-corrected chi connectivity index (χ2v) is 6.51. The molecular formula is C19H24N4O2. The molecule has 0 aliphatic carbocycles. The van der Waals surface area contributed by atoms with E-state index in [1.54, 1.807) is 17.4 Å². The van der Waals surface area contributed by atoms with Gasteiger partial charge in [-0.2, -0.15) is 0 Å². The third kappa shape index (κ3) is 3.57. The van der Waals surface area contributed by atoms with E-state index in [0.29, 0.717) is 25.2 Å². The quantitative estimate of drug-likeness (QED) is 0.839. The van der Waals surface area contributed by atoms with Gasteiger partial charge in [0.1, 0.15) is 6.04 Å². The van der Waals surface area contributed by atoms with Gasteiger partial charge < -0.3 is 14.8 Å². The fraction of sp³-hybridized carbons (Fsp3) is 0.421. The molecule has 0 unspecified atom stereocenters. The molecule has 3 rings (SSSR count). The lowest BCUT2D eigenvalue weighted by Gasteiger charge is -2.31. The molecule has 0 fully saturated rings. The summed E-state index contributed by atoms with van der Waals surface area (Å²) in [5.41, 5.74) is 1.70. The van der Waals surface area contributed by atoms with Gasteiger partial charge in [-0.1, -0.05) is 38.5 Å². The standard InChI is InChI=1S/C19H24N4O2/c1-3-14(2)17(18(24)21-9-11-22-10-8-20-13-22)23-12-15-6-4-5-7-16(15)19(23)25/h4-8,10,13-14,17H,3,9,11-12H2,1-2H3,(H,21,24)/t14-,17-/m1/s1. The normalized spacial score (nSPS) is 15.8. The van der Waals surface area contributed by atoms with Crippen LogP contribution in [0.5, 0.6) is 0 Å². The van der Waals surface area contributed by atoms with Crippen molar-refractivity contribution < 1.29 is 9.59 Å². The van der Waals surface area contributed by atoms with Crippen molar-refractivity contribution >= 4 is 11.8 Å². The Morgan fingerprint density at radius 1 is 1.36 bits per heavy atom. The molecule has 2 amide bonds. The molecule has 6 nitrogen and oxygen atoms in total. The maximum atomic E-state index is 12.8. The molecule has 0 saturated carbocycles. The van der Waals surface area contributed by atoms with Crippen molar-refractivity contribution in [3.8, 4) is 0 Å². The number of benzene rings is 1. The number of fused-ring (bicyclic) bond motifs is 1. The zero-order valence-corrected chi connectivity index (χ0v) is 14.7. The van der Waals surface area contributed by atoms with Crippen LogP contribution in [-0.4, -0.2) is 38.9 Å². The van der Waals surface area contributed by atoms with E-state index in [9.17, 15) is 9.59 Å². The largest absolute Gasteiger partial charge is 0.353 e. The molecule has 2 heterocycles. The van der Waals surface area contributed by atoms with Crippen LogP contribution in [0.2, 0.25) is 0 Å². The van der Waals surface area contributed by atoms with Crippen LogP contribution in [0, 0.1) is 5.92 Å². The van der Waals surface area contributed by atoms with Crippen LogP contribution in [0.1, 0.15) is 36.2 Å². The minimum Gasteiger partial charge on any atom is -0.353 e. The van der Waals surface area contributed by atoms with Crippen molar-refractivity contribution in [1.82, 2.24) is 19.8 Å². The Labute approximate surface area is 147 Å². The fourth-order valence-corrected chi connectivity index (χ4v) is 3.26. The van der Waals surface area contributed by atoms with Gasteiger partial charge in [0.2, 0.25) is 5.91 Å². The molecule has 2 atom stereocenters. The molecule has 1 aliphatic heterocycles. The van der Waals surface area contributed by atoms with Crippen molar-refractivity contribution in [3.05, 3.63) is 54.1 Å². The first kappa shape index (κ1) is 17.2. The van der Waals surface area contributed by atoms with Gasteiger partial charge in [0.05, 0.1) is 6.33 Å². The molecule has 1 aliphatic rings. The molecule has 0 spiro atoms. The number of rotatable bonds is 7. The van der Waals surface area contributed by atoms with Crippen LogP contribution in [0.15, 0.2) is 43.0 Å². The molecule has 6 heteroatoms. The van der Waals surface area contributed by atoms with E-state index in [2.05, 4.69) is 10.3 Å². The summed E-state index contributed by atoms with van der Waals surface area (Å²) in [6.07, 6.45) is 6.13. The summed E-state index contributed by atoms with van der Waals surface area (Å²) in [6, 6.07) is 7.13. The van der Waals surface area contributed by atoms with Crippen LogP contribution >= 0.6 is 0 Å². The average molecular weight is 340 g/mol. The lowest BCUT2D eigenvalue weighted by Crippen LogP contribution is -2.51. The second kappa shape index (κ2) is 7.51. The number of carbonyl (C=O) groups excluding carboxylic acids is 2. The second-order valence-electron chi connectivity index (χ2n) is 6.51. The summed E-state index contributed by atoms with van der Waals surface area (Å²) in [5, 5.41) is 2.98. The molecular weight excluding hydrogens is 316 g/mol. The van der Waals surface area contributed by atoms with E-state index >= 15 is 0 Å². The van der Waals surface area contributed by atoms with Gasteiger partial charge in [-0.3, -0.25) is 9.59 Å². The summed E-state index contributed by atoms with van der Waals surface area (Å²) in [7, 11) is 0. The van der Waals surface area contributed by atoms with Crippen LogP contribution in [0.25, 0.3) is 0 Å². The zero-order chi connectivity index (χ0) is 17.8. The highest BCUT2D eigenvalue weighted by Gasteiger charge is 2.38. The first-order valence-electron chi connectivity index (χ1n) is 8.74. The Kier molecular flexibility index (Phi) is 5.16. The Bertz CT molecular complexity index is 742. The van der Waals surface area contributed by atoms with Gasteiger partial charge >= 0.3 is 0 Å². The van der Waals surface area contributed by atoms with E-state index in [4.69, 9.17) is 0 Å². The molecule has 1 aromatic carbocycles. The summed E-state index contributed by atoms with van der Waals surface area (Å²) < 4.78 is 1.91. The lowest BCUT2D eigenvalue weighted by atomic mass is 9.96. The van der Waals surface area contributed by atoms with E-state index in [1.807, 2.05) is 48.9 Å². The molecule has 1 N–H and O–H groups in total. The van der Waals surface area contributed by atoms with Gasteiger partial charge in [-0.15, -0.1) is 0 Å². The Morgan fingerprint density at radius 2 is 2.16 bits per heavy atom. The number of nitrogens with zero attached hydrogens (tertiary/aromatic N) is 3. The number of carbonyl (C=O) groups is 2. The summed E-state index contributed by atoms with van der Waals surface area (Å²) >= 11 is 0. The first-order valence-corrected chi connectivity index (χ1v) is 8.74. The Morgan fingerprint density at radius 3 is 2.84 bits per heavy atom. The summed E-state index contributed by atoms with van der Waals surface area (Å²) in [6.45, 7) is 5.74. The third-order valence-corrected chi connectivity index (χ3v) is 4.87. The Balaban J connectivity index is 1.70. The maximum absolute atomic E-state index is 12.8. The average Bonchev–Trinajstić information content (AvgIpc) is 3.24. The highest BCUT2D eigenvalue weighted by Crippen LogP contribution is 2.28. The smallest absolute Gasteiger partial charge is 0.255 e. The fourth-order valence-electron chi connectivity index (χ4n) is 3.26. The van der Waals surface area contributed by atoms with Gasteiger partial charge in [0.15, 0.2) is 0 Å². The monoisotopic (exact) mass is 340 g/mol. The number of amides is 2. The Hall–Kier alpha value is -2.63. The van der Waals surface area contributed by atoms with E-state index < -0.39 is 6.04 Å². The van der Waals surface area contributed by atoms with Gasteiger partial charge in [-0.05, 0) is 17.5 Å². The van der Waals surface area contributed by atoms with E-state index in [0.717, 1.165) is 12.0 Å². The zero-order valence-electron chi connectivity index (χ0n) is 14.7. The summed E-state index contributed by atoms with van der Waals surface area (Å²) in [4.78, 5) is 31.3. The van der Waals surface area contributed by atoms with Crippen molar-refractivity contribution in [2.45, 2.75) is 39.4 Å². The predicted octanol–water partition coefficient (Wildman–Crippen LogP) is 2.07. The number of hydrogen-bond acceptors (Lipinski definition) is 3. The number of hydrogen-bond donors (Lipinski definition) is 1. The minimum absolute atomic E-state index is 0.0503. The number of aromatic nitrogens is 2. The third-order valence-electron chi connectivity index (χ3n) is 4.87. The molecule has 0 saturated heterocycles. The van der Waals surface area contributed by atoms with Crippen LogP contribution < -0.4 is 5.32 Å². The molecule has 25 heavy (non-hydrogen) atoms. The highest BCUT2D eigenvalue weighted by molar-refractivity contribution is 6.01. The predicted molar refractivity (Wildman–Crippen MR) is 94.8 cm³/mol. The van der Waals surface area contributed by atoms with Gasteiger partial charge in [0, 0.05) is 37.6 Å². The van der Waals surface area contributed by atoms with Crippen molar-refractivity contribution in [1.29, 1.82) is 0 Å². The van der Waals surface area contributed by atoms with E-state index in [1.165, 1.54) is 0 Å². The number of imidazole rings is 1. The number of nitrogens with one attached hydrogen (secondary N) is 1. The highest BCUT2D eigenvalue weighted by atomic mass is 16.2. The van der Waals surface area contributed by atoms with E-state index in [-0.39, 0.29) is 17.7 Å². The molecule has 0 bridgehead atoms. The van der Waals surface area contributed by atoms with Crippen molar-refractivity contribution in [2.24, 2.45) is 5.92 Å². The molecule has 132 valence electrons. The maximum Gasteiger partial charge on any atom is 0.255 e. The van der Waals surface area contributed by atoms with Crippen molar-refractivity contribution in [3.63, 3.8) is 0 Å². The van der Waals surface area contributed by atoms with Crippen LogP contribution in [-0.2, 0) is 17.9 Å². The molecule has 2 aromatic rings. The van der Waals surface area contributed by atoms with Crippen molar-refractivity contribution in [2.75, 3.05) is 6.54 Å². The van der Waals surface area contributed by atoms with Gasteiger partial charge in [-0.25, -0.2) is 4.98 Å². The van der Waals surface area contributed by atoms with Crippen LogP contribution in [0.4, 0.5) is 0 Å². The van der Waals surface area contributed by atoms with Crippen LogP contribution in [0.3, 0.4) is 0 Å². The SMILES string of the molecule is CC[C@@H](C)[C@H](C(=O)NCCn1ccnc1)N1Cc2ccccc2C1=O. The molecule has 1 aromatic heterocycles. The lowest BCUT2D eigenvalue weighted by molar-refractivity contribution is -0.127. The van der Waals surface area contributed by atoms with Gasteiger partial charge in [0.25, 0.3) is 5.91 Å². The topological polar surface area (TPSA) is 67.2 Å². The summed E-state index contributed by atoms with van der Waals surface area (Å²) in [5.74, 6) is -0.0483.